The van der Waals surface area contributed by atoms with Crippen LogP contribution in [0.1, 0.15) is 0 Å². The molecule has 16 heavy (non-hydrogen) atoms. The minimum atomic E-state index is -0.510. The van der Waals surface area contributed by atoms with Gasteiger partial charge in [0.1, 0.15) is 5.82 Å². The minimum Gasteiger partial charge on any atom is -0.332 e. The summed E-state index contributed by atoms with van der Waals surface area (Å²) >= 11 is 10.7. The van der Waals surface area contributed by atoms with Gasteiger partial charge in [-0.3, -0.25) is 9.78 Å². The summed E-state index contributed by atoms with van der Waals surface area (Å²) < 4.78 is 13.7. The fourth-order valence-electron chi connectivity index (χ4n) is 1.36. The van der Waals surface area contributed by atoms with Crippen LogP contribution in [-0.2, 0) is 0 Å². The van der Waals surface area contributed by atoms with Gasteiger partial charge in [-0.2, -0.15) is 0 Å². The Bertz CT molecular complexity index is 601. The zero-order valence-electron chi connectivity index (χ0n) is 7.88. The van der Waals surface area contributed by atoms with Crippen LogP contribution in [0.4, 0.5) is 4.39 Å². The fraction of sp³-hybridized carbons (Fsp3) is 0. The standard InChI is InChI=1S/C10H6ClFN2OS/c11-5-2-1-3-6(12)9(5)7-4-8(15)14-10(16)13-7/h1-4H,(H2,13,14,15,16). The molecule has 1 aromatic carbocycles. The topological polar surface area (TPSA) is 48.6 Å². The summed E-state index contributed by atoms with van der Waals surface area (Å²) in [5.41, 5.74) is -0.00344. The molecule has 2 aromatic rings. The fourth-order valence-corrected chi connectivity index (χ4v) is 1.83. The van der Waals surface area contributed by atoms with Crippen molar-refractivity contribution in [1.29, 1.82) is 0 Å². The summed E-state index contributed by atoms with van der Waals surface area (Å²) in [6.07, 6.45) is 0. The summed E-state index contributed by atoms with van der Waals surface area (Å²) in [6.45, 7) is 0. The van der Waals surface area contributed by atoms with E-state index in [0.29, 0.717) is 0 Å². The first-order chi connectivity index (χ1) is 7.58. The number of hydrogen-bond donors (Lipinski definition) is 2. The lowest BCUT2D eigenvalue weighted by atomic mass is 10.1. The zero-order valence-corrected chi connectivity index (χ0v) is 9.45. The highest BCUT2D eigenvalue weighted by Gasteiger charge is 2.10. The Hall–Kier alpha value is -1.46. The molecule has 0 amide bonds. The van der Waals surface area contributed by atoms with Crippen molar-refractivity contribution >= 4 is 23.8 Å². The molecule has 0 aliphatic rings. The van der Waals surface area contributed by atoms with Crippen molar-refractivity contribution < 1.29 is 4.39 Å². The van der Waals surface area contributed by atoms with Crippen molar-refractivity contribution in [3.05, 3.63) is 50.2 Å². The Kier molecular flexibility index (Phi) is 2.89. The Balaban J connectivity index is 2.77. The van der Waals surface area contributed by atoms with E-state index in [9.17, 15) is 9.18 Å². The molecule has 1 heterocycles. The number of benzene rings is 1. The van der Waals surface area contributed by atoms with Gasteiger partial charge in [0.25, 0.3) is 5.56 Å². The second kappa shape index (κ2) is 4.19. The van der Waals surface area contributed by atoms with Crippen LogP contribution in [0.3, 0.4) is 0 Å². The van der Waals surface area contributed by atoms with Gasteiger partial charge in [-0.25, -0.2) is 4.39 Å². The monoisotopic (exact) mass is 256 g/mol. The lowest BCUT2D eigenvalue weighted by molar-refractivity contribution is 0.630. The van der Waals surface area contributed by atoms with E-state index in [1.165, 1.54) is 24.3 Å². The van der Waals surface area contributed by atoms with E-state index >= 15 is 0 Å². The molecule has 0 fully saturated rings. The van der Waals surface area contributed by atoms with Gasteiger partial charge >= 0.3 is 0 Å². The van der Waals surface area contributed by atoms with Gasteiger partial charge in [0.05, 0.1) is 16.3 Å². The smallest absolute Gasteiger partial charge is 0.252 e. The van der Waals surface area contributed by atoms with Gasteiger partial charge < -0.3 is 4.98 Å². The lowest BCUT2D eigenvalue weighted by Gasteiger charge is -2.05. The van der Waals surface area contributed by atoms with Crippen LogP contribution < -0.4 is 5.56 Å². The number of aromatic amines is 2. The lowest BCUT2D eigenvalue weighted by Crippen LogP contribution is -2.07. The molecule has 0 aliphatic heterocycles. The number of aromatic nitrogens is 2. The molecule has 3 nitrogen and oxygen atoms in total. The van der Waals surface area contributed by atoms with E-state index < -0.39 is 11.4 Å². The maximum absolute atomic E-state index is 13.5. The normalized spacial score (nSPS) is 10.4. The first-order valence-electron chi connectivity index (χ1n) is 4.36. The Morgan fingerprint density at radius 3 is 2.69 bits per heavy atom. The van der Waals surface area contributed by atoms with Crippen LogP contribution >= 0.6 is 23.8 Å². The van der Waals surface area contributed by atoms with Gasteiger partial charge in [-0.15, -0.1) is 0 Å². The summed E-state index contributed by atoms with van der Waals surface area (Å²) in [5.74, 6) is -0.510. The van der Waals surface area contributed by atoms with Gasteiger partial charge in [0.2, 0.25) is 0 Å². The molecule has 0 aliphatic carbocycles. The number of rotatable bonds is 1. The molecule has 0 bridgehead atoms. The molecular formula is C10H6ClFN2OS. The van der Waals surface area contributed by atoms with Crippen LogP contribution in [0.15, 0.2) is 29.1 Å². The van der Waals surface area contributed by atoms with Gasteiger partial charge in [-0.1, -0.05) is 17.7 Å². The van der Waals surface area contributed by atoms with Crippen molar-refractivity contribution in [2.75, 3.05) is 0 Å². The predicted molar refractivity (Wildman–Crippen MR) is 62.7 cm³/mol. The van der Waals surface area contributed by atoms with Crippen LogP contribution in [0.25, 0.3) is 11.3 Å². The Morgan fingerprint density at radius 2 is 2.06 bits per heavy atom. The van der Waals surface area contributed by atoms with Crippen molar-refractivity contribution in [3.8, 4) is 11.3 Å². The van der Waals surface area contributed by atoms with E-state index in [4.69, 9.17) is 23.8 Å². The highest BCUT2D eigenvalue weighted by atomic mass is 35.5. The van der Waals surface area contributed by atoms with E-state index in [2.05, 4.69) is 9.97 Å². The average molecular weight is 257 g/mol. The summed E-state index contributed by atoms with van der Waals surface area (Å²) in [4.78, 5) is 16.2. The highest BCUT2D eigenvalue weighted by Crippen LogP contribution is 2.27. The third-order valence-corrected chi connectivity index (χ3v) is 2.51. The summed E-state index contributed by atoms with van der Waals surface area (Å²) in [7, 11) is 0. The summed E-state index contributed by atoms with van der Waals surface area (Å²) in [6, 6.07) is 5.50. The molecule has 2 N–H and O–H groups in total. The molecule has 0 radical (unpaired) electrons. The van der Waals surface area contributed by atoms with Crippen molar-refractivity contribution in [3.63, 3.8) is 0 Å². The average Bonchev–Trinajstić information content (AvgIpc) is 2.15. The largest absolute Gasteiger partial charge is 0.332 e. The second-order valence-electron chi connectivity index (χ2n) is 3.10. The third-order valence-electron chi connectivity index (χ3n) is 1.99. The van der Waals surface area contributed by atoms with Crippen LogP contribution in [-0.4, -0.2) is 9.97 Å². The molecule has 0 unspecified atom stereocenters. The van der Waals surface area contributed by atoms with E-state index in [1.807, 2.05) is 0 Å². The molecule has 1 aromatic heterocycles. The molecular weight excluding hydrogens is 251 g/mol. The quantitative estimate of drug-likeness (QED) is 0.771. The van der Waals surface area contributed by atoms with E-state index in [-0.39, 0.29) is 21.1 Å². The first-order valence-corrected chi connectivity index (χ1v) is 5.14. The molecule has 0 spiro atoms. The maximum Gasteiger partial charge on any atom is 0.252 e. The Labute approximate surface area is 99.9 Å². The van der Waals surface area contributed by atoms with E-state index in [1.54, 1.807) is 0 Å². The van der Waals surface area contributed by atoms with E-state index in [0.717, 1.165) is 0 Å². The molecule has 0 atom stereocenters. The molecule has 0 saturated carbocycles. The van der Waals surface area contributed by atoms with Crippen molar-refractivity contribution in [2.45, 2.75) is 0 Å². The molecule has 6 heteroatoms. The number of H-pyrrole nitrogens is 2. The van der Waals surface area contributed by atoms with Crippen molar-refractivity contribution in [2.24, 2.45) is 0 Å². The van der Waals surface area contributed by atoms with Crippen LogP contribution in [0.5, 0.6) is 0 Å². The number of nitrogens with one attached hydrogen (secondary N) is 2. The van der Waals surface area contributed by atoms with Crippen LogP contribution in [0.2, 0.25) is 5.02 Å². The SMILES string of the molecule is O=c1cc(-c2c(F)cccc2Cl)[nH]c(=S)[nH]1. The minimum absolute atomic E-state index is 0.127. The van der Waals surface area contributed by atoms with Crippen molar-refractivity contribution in [1.82, 2.24) is 9.97 Å². The number of hydrogen-bond acceptors (Lipinski definition) is 2. The molecule has 0 saturated heterocycles. The van der Waals surface area contributed by atoms with Gasteiger partial charge in [0.15, 0.2) is 4.77 Å². The van der Waals surface area contributed by atoms with Crippen LogP contribution in [0, 0.1) is 10.6 Å². The first kappa shape index (κ1) is 11.0. The Morgan fingerprint density at radius 1 is 1.31 bits per heavy atom. The third kappa shape index (κ3) is 2.05. The zero-order chi connectivity index (χ0) is 11.7. The summed E-state index contributed by atoms with van der Waals surface area (Å²) in [5, 5.41) is 0.219. The predicted octanol–water partition coefficient (Wildman–Crippen LogP) is 2.89. The van der Waals surface area contributed by atoms with Gasteiger partial charge in [0, 0.05) is 6.07 Å². The second-order valence-corrected chi connectivity index (χ2v) is 3.91. The molecule has 82 valence electrons. The number of halogens is 2. The molecule has 2 rings (SSSR count). The van der Waals surface area contributed by atoms with Gasteiger partial charge in [-0.05, 0) is 24.4 Å². The highest BCUT2D eigenvalue weighted by molar-refractivity contribution is 7.71. The maximum atomic E-state index is 13.5.